The second-order valence-corrected chi connectivity index (χ2v) is 13.1. The number of thiophene rings is 2. The molecule has 4 heteroatoms. The Morgan fingerprint density at radius 2 is 0.917 bits per heavy atom. The molecule has 0 aliphatic heterocycles. The predicted molar refractivity (Wildman–Crippen MR) is 121 cm³/mol. The van der Waals surface area contributed by atoms with Crippen LogP contribution in [0.4, 0.5) is 0 Å². The van der Waals surface area contributed by atoms with Crippen molar-refractivity contribution in [3.63, 3.8) is 0 Å². The maximum absolute atomic E-state index is 2.61. The Morgan fingerprint density at radius 1 is 0.583 bits per heavy atom. The number of rotatable bonds is 1. The summed E-state index contributed by atoms with van der Waals surface area (Å²) < 4.78 is 3.09. The number of hydrogen-bond donors (Lipinski definition) is 0. The first-order valence-corrected chi connectivity index (χ1v) is 12.5. The highest BCUT2D eigenvalue weighted by atomic mass is 127. The van der Waals surface area contributed by atoms with Gasteiger partial charge in [0, 0.05) is 33.4 Å². The topological polar surface area (TPSA) is 0 Å². The second-order valence-electron chi connectivity index (χ2n) is 7.41. The van der Waals surface area contributed by atoms with Gasteiger partial charge in [0.15, 0.2) is 0 Å². The van der Waals surface area contributed by atoms with E-state index >= 15 is 0 Å². The third kappa shape index (κ3) is 1.94. The molecule has 0 fully saturated rings. The highest BCUT2D eigenvalue weighted by Gasteiger charge is 2.39. The molecule has 2 aromatic rings. The Kier molecular flexibility index (Phi) is 3.48. The first-order valence-electron chi connectivity index (χ1n) is 8.73. The van der Waals surface area contributed by atoms with Gasteiger partial charge in [0.05, 0.1) is 5.77 Å². The molecule has 0 amide bonds. The van der Waals surface area contributed by atoms with E-state index in [0.717, 1.165) is 0 Å². The van der Waals surface area contributed by atoms with Gasteiger partial charge in [0.1, 0.15) is 0 Å². The number of halogens is 2. The van der Waals surface area contributed by atoms with Crippen LogP contribution in [-0.2, 0) is 0 Å². The van der Waals surface area contributed by atoms with Crippen molar-refractivity contribution < 1.29 is 0 Å². The van der Waals surface area contributed by atoms with Crippen molar-refractivity contribution in [3.05, 3.63) is 52.3 Å². The van der Waals surface area contributed by atoms with Gasteiger partial charge >= 0.3 is 0 Å². The molecule has 0 N–H and O–H groups in total. The fourth-order valence-corrected chi connectivity index (χ4v) is 10.4. The molecule has 0 saturated heterocycles. The minimum absolute atomic E-state index is 0.673. The van der Waals surface area contributed by atoms with Gasteiger partial charge in [-0.05, 0) is 93.1 Å². The molecule has 0 saturated carbocycles. The van der Waals surface area contributed by atoms with E-state index in [0.29, 0.717) is 23.7 Å². The van der Waals surface area contributed by atoms with Gasteiger partial charge in [-0.15, -0.1) is 22.7 Å². The zero-order chi connectivity index (χ0) is 16.0. The number of hydrogen-bond acceptors (Lipinski definition) is 2. The van der Waals surface area contributed by atoms with Crippen LogP contribution in [0.1, 0.15) is 71.6 Å². The molecule has 0 aromatic carbocycles. The Morgan fingerprint density at radius 3 is 1.25 bits per heavy atom. The lowest BCUT2D eigenvalue weighted by Gasteiger charge is -2.34. The molecular formula is C20H16I2S2. The van der Waals surface area contributed by atoms with Gasteiger partial charge in [0.25, 0.3) is 0 Å². The standard InChI is InChI=1S/C20H16I2S2/c21-19-15-11-5-1-9(2-6-11)13(15)17(23-19)18-14-10-3-7-12(8-4-10)16(14)20(22)24-18/h1,3,5,7,9-12H,2,4,6,8H2. The van der Waals surface area contributed by atoms with Gasteiger partial charge in [-0.2, -0.15) is 0 Å². The van der Waals surface area contributed by atoms with E-state index in [1.165, 1.54) is 25.7 Å². The molecule has 4 unspecified atom stereocenters. The smallest absolute Gasteiger partial charge is 0.0701 e. The van der Waals surface area contributed by atoms with Crippen molar-refractivity contribution in [1.82, 2.24) is 0 Å². The summed E-state index contributed by atoms with van der Waals surface area (Å²) in [5, 5.41) is 0. The SMILES string of the molecule is Ic1sc(-c2sc(I)c3c2C2C=CC3CC2)c2c1C1C=CC2CC1. The monoisotopic (exact) mass is 574 g/mol. The Bertz CT molecular complexity index is 854. The van der Waals surface area contributed by atoms with E-state index < -0.39 is 0 Å². The molecule has 4 bridgehead atoms. The molecule has 24 heavy (non-hydrogen) atoms. The number of fused-ring (bicyclic) bond motifs is 2. The summed E-state index contributed by atoms with van der Waals surface area (Å²) in [4.78, 5) is 3.25. The molecule has 122 valence electrons. The van der Waals surface area contributed by atoms with Crippen molar-refractivity contribution in [2.75, 3.05) is 0 Å². The molecule has 4 atom stereocenters. The van der Waals surface area contributed by atoms with E-state index in [1.807, 2.05) is 0 Å². The third-order valence-electron chi connectivity index (χ3n) is 6.29. The Labute approximate surface area is 177 Å². The lowest BCUT2D eigenvalue weighted by molar-refractivity contribution is 0.553. The van der Waals surface area contributed by atoms with Gasteiger partial charge in [-0.3, -0.25) is 0 Å². The van der Waals surface area contributed by atoms with E-state index in [1.54, 1.807) is 37.8 Å². The van der Waals surface area contributed by atoms with Crippen LogP contribution in [0.2, 0.25) is 0 Å². The Hall–Kier alpha value is 0.340. The minimum Gasteiger partial charge on any atom is -0.128 e. The van der Waals surface area contributed by atoms with Crippen molar-refractivity contribution >= 4 is 67.9 Å². The molecule has 6 aliphatic rings. The average molecular weight is 574 g/mol. The summed E-state index contributed by atoms with van der Waals surface area (Å²) in [6.07, 6.45) is 15.4. The number of allylic oxidation sites excluding steroid dienone is 4. The maximum Gasteiger partial charge on any atom is 0.0701 e. The molecule has 2 heterocycles. The maximum atomic E-state index is 2.61. The van der Waals surface area contributed by atoms with Gasteiger partial charge < -0.3 is 0 Å². The first kappa shape index (κ1) is 15.4. The summed E-state index contributed by atoms with van der Waals surface area (Å²) in [5.74, 6) is 2.72. The lowest BCUT2D eigenvalue weighted by atomic mass is 9.70. The van der Waals surface area contributed by atoms with Gasteiger partial charge in [0.2, 0.25) is 0 Å². The van der Waals surface area contributed by atoms with Crippen LogP contribution >= 0.6 is 67.9 Å². The zero-order valence-electron chi connectivity index (χ0n) is 13.0. The van der Waals surface area contributed by atoms with Crippen LogP contribution in [-0.4, -0.2) is 0 Å². The fraction of sp³-hybridized carbons (Fsp3) is 0.400. The van der Waals surface area contributed by atoms with Crippen molar-refractivity contribution in [2.24, 2.45) is 0 Å². The van der Waals surface area contributed by atoms with Crippen molar-refractivity contribution in [1.29, 1.82) is 0 Å². The second kappa shape index (κ2) is 5.42. The van der Waals surface area contributed by atoms with Crippen LogP contribution in [0.15, 0.2) is 24.3 Å². The van der Waals surface area contributed by atoms with Gasteiger partial charge in [-0.25, -0.2) is 0 Å². The minimum atomic E-state index is 0.673. The highest BCUT2D eigenvalue weighted by Crippen LogP contribution is 2.59. The highest BCUT2D eigenvalue weighted by molar-refractivity contribution is 14.1. The summed E-state index contributed by atoms with van der Waals surface area (Å²) in [6.45, 7) is 0. The molecule has 2 aromatic heterocycles. The Balaban J connectivity index is 1.62. The van der Waals surface area contributed by atoms with Crippen LogP contribution in [0.25, 0.3) is 9.75 Å². The summed E-state index contributed by atoms with van der Waals surface area (Å²) in [7, 11) is 0. The summed E-state index contributed by atoms with van der Waals surface area (Å²) in [5.41, 5.74) is 6.77. The predicted octanol–water partition coefficient (Wildman–Crippen LogP) is 7.75. The first-order chi connectivity index (χ1) is 11.7. The molecule has 0 radical (unpaired) electrons. The van der Waals surface area contributed by atoms with Crippen LogP contribution < -0.4 is 0 Å². The average Bonchev–Trinajstić information content (AvgIpc) is 3.18. The quantitative estimate of drug-likeness (QED) is 0.242. The largest absolute Gasteiger partial charge is 0.128 e. The molecule has 0 spiro atoms. The zero-order valence-corrected chi connectivity index (χ0v) is 19.0. The van der Waals surface area contributed by atoms with Crippen LogP contribution in [0.5, 0.6) is 0 Å². The van der Waals surface area contributed by atoms with Gasteiger partial charge in [-0.1, -0.05) is 24.3 Å². The summed E-state index contributed by atoms with van der Waals surface area (Å²) in [6, 6.07) is 0. The van der Waals surface area contributed by atoms with Crippen LogP contribution in [0.3, 0.4) is 0 Å². The van der Waals surface area contributed by atoms with E-state index in [4.69, 9.17) is 0 Å². The van der Waals surface area contributed by atoms with E-state index in [9.17, 15) is 0 Å². The summed E-state index contributed by atoms with van der Waals surface area (Å²) >= 11 is 9.37. The van der Waals surface area contributed by atoms with Crippen LogP contribution in [0, 0.1) is 5.77 Å². The lowest BCUT2D eigenvalue weighted by Crippen LogP contribution is -2.18. The van der Waals surface area contributed by atoms with Crippen molar-refractivity contribution in [2.45, 2.75) is 49.4 Å². The third-order valence-corrected chi connectivity index (χ3v) is 11.0. The molecule has 6 aliphatic carbocycles. The molecule has 0 nitrogen and oxygen atoms in total. The van der Waals surface area contributed by atoms with Crippen molar-refractivity contribution in [3.8, 4) is 9.75 Å². The van der Waals surface area contributed by atoms with E-state index in [-0.39, 0.29) is 0 Å². The fourth-order valence-electron chi connectivity index (χ4n) is 5.22. The molecule has 8 rings (SSSR count). The normalized spacial score (nSPS) is 31.6. The molecular weight excluding hydrogens is 558 g/mol. The van der Waals surface area contributed by atoms with E-state index in [2.05, 4.69) is 92.2 Å².